The van der Waals surface area contributed by atoms with Crippen LogP contribution in [0.2, 0.25) is 0 Å². The zero-order chi connectivity index (χ0) is 24.0. The van der Waals surface area contributed by atoms with Crippen molar-refractivity contribution in [3.8, 4) is 5.75 Å². The Hall–Kier alpha value is -2.84. The van der Waals surface area contributed by atoms with Crippen molar-refractivity contribution in [2.75, 3.05) is 20.8 Å². The first kappa shape index (κ1) is 25.8. The minimum Gasteiger partial charge on any atom is -0.496 e. The summed E-state index contributed by atoms with van der Waals surface area (Å²) < 4.78 is 12.8. The molecule has 0 atom stereocenters. The Morgan fingerprint density at radius 1 is 1.00 bits per heavy atom. The average Bonchev–Trinajstić information content (AvgIpc) is 3.26. The predicted octanol–water partition coefficient (Wildman–Crippen LogP) is 4.64. The van der Waals surface area contributed by atoms with Crippen molar-refractivity contribution in [1.82, 2.24) is 20.1 Å². The maximum atomic E-state index is 12.3. The number of benzene rings is 2. The van der Waals surface area contributed by atoms with Gasteiger partial charge in [0.05, 0.1) is 7.11 Å². The van der Waals surface area contributed by atoms with Crippen LogP contribution < -0.4 is 10.1 Å². The highest BCUT2D eigenvalue weighted by Gasteiger charge is 2.13. The van der Waals surface area contributed by atoms with E-state index in [1.165, 1.54) is 5.56 Å². The normalized spacial score (nSPS) is 10.9. The maximum absolute atomic E-state index is 12.3. The number of hydrogen-bond acceptors (Lipinski definition) is 6. The summed E-state index contributed by atoms with van der Waals surface area (Å²) in [6.45, 7) is 2.00. The number of carbonyl (C=O) groups excluding carboxylic acids is 1. The van der Waals surface area contributed by atoms with Gasteiger partial charge in [0, 0.05) is 51.0 Å². The standard InChI is InChI=1S/C26H34N4O3S/c1-32-18-10-17-30-24(28-29-26(30)34-20-21-11-4-3-5-12-21)15-8-9-16-25(31)27-19-22-13-6-7-14-23(22)33-2/h3-7,11-14H,8-10,15-20H2,1-2H3,(H,27,31). The number of nitrogens with zero attached hydrogens (tertiary/aromatic N) is 3. The largest absolute Gasteiger partial charge is 0.496 e. The first-order valence-corrected chi connectivity index (χ1v) is 12.7. The van der Waals surface area contributed by atoms with E-state index in [1.54, 1.807) is 26.0 Å². The van der Waals surface area contributed by atoms with Crippen molar-refractivity contribution >= 4 is 17.7 Å². The van der Waals surface area contributed by atoms with E-state index in [-0.39, 0.29) is 5.91 Å². The van der Waals surface area contributed by atoms with Gasteiger partial charge in [-0.05, 0) is 30.9 Å². The highest BCUT2D eigenvalue weighted by molar-refractivity contribution is 7.98. The summed E-state index contributed by atoms with van der Waals surface area (Å²) in [5, 5.41) is 12.8. The van der Waals surface area contributed by atoms with E-state index in [0.717, 1.165) is 60.3 Å². The molecule has 1 amide bonds. The molecule has 0 aliphatic rings. The molecule has 2 aromatic carbocycles. The van der Waals surface area contributed by atoms with Gasteiger partial charge in [0.25, 0.3) is 0 Å². The fraction of sp³-hybridized carbons (Fsp3) is 0.423. The Bertz CT molecular complexity index is 1010. The van der Waals surface area contributed by atoms with Gasteiger partial charge in [-0.25, -0.2) is 0 Å². The minimum absolute atomic E-state index is 0.0478. The van der Waals surface area contributed by atoms with Crippen LogP contribution in [0, 0.1) is 0 Å². The molecule has 0 spiro atoms. The SMILES string of the molecule is COCCCn1c(CCCCC(=O)NCc2ccccc2OC)nnc1SCc1ccccc1. The second-order valence-corrected chi connectivity index (χ2v) is 8.91. The third-order valence-corrected chi connectivity index (χ3v) is 6.50. The Balaban J connectivity index is 1.47. The highest BCUT2D eigenvalue weighted by atomic mass is 32.2. The number of nitrogens with one attached hydrogen (secondary N) is 1. The topological polar surface area (TPSA) is 78.3 Å². The number of amides is 1. The van der Waals surface area contributed by atoms with Gasteiger partial charge < -0.3 is 19.4 Å². The lowest BCUT2D eigenvalue weighted by Gasteiger charge is -2.11. The monoisotopic (exact) mass is 482 g/mol. The van der Waals surface area contributed by atoms with Gasteiger partial charge in [0.2, 0.25) is 5.91 Å². The smallest absolute Gasteiger partial charge is 0.220 e. The van der Waals surface area contributed by atoms with Crippen molar-refractivity contribution < 1.29 is 14.3 Å². The molecule has 1 heterocycles. The van der Waals surface area contributed by atoms with Gasteiger partial charge >= 0.3 is 0 Å². The molecule has 182 valence electrons. The Morgan fingerprint density at radius 2 is 1.79 bits per heavy atom. The zero-order valence-electron chi connectivity index (χ0n) is 20.0. The highest BCUT2D eigenvalue weighted by Crippen LogP contribution is 2.23. The second-order valence-electron chi connectivity index (χ2n) is 7.97. The minimum atomic E-state index is 0.0478. The molecule has 0 saturated carbocycles. The van der Waals surface area contributed by atoms with Crippen LogP contribution in [0.1, 0.15) is 42.6 Å². The molecular weight excluding hydrogens is 448 g/mol. The van der Waals surface area contributed by atoms with Gasteiger partial charge in [-0.3, -0.25) is 4.79 Å². The van der Waals surface area contributed by atoms with E-state index in [1.807, 2.05) is 30.3 Å². The van der Waals surface area contributed by atoms with E-state index in [9.17, 15) is 4.79 Å². The number of ether oxygens (including phenoxy) is 2. The number of para-hydroxylation sites is 1. The number of unbranched alkanes of at least 4 members (excludes halogenated alkanes) is 1. The summed E-state index contributed by atoms with van der Waals surface area (Å²) in [5.74, 6) is 2.67. The number of hydrogen-bond donors (Lipinski definition) is 1. The molecule has 0 unspecified atom stereocenters. The second kappa shape index (κ2) is 14.4. The van der Waals surface area contributed by atoms with Crippen LogP contribution in [-0.4, -0.2) is 41.5 Å². The zero-order valence-corrected chi connectivity index (χ0v) is 20.9. The number of thioether (sulfide) groups is 1. The average molecular weight is 483 g/mol. The first-order valence-electron chi connectivity index (χ1n) is 11.7. The molecule has 0 radical (unpaired) electrons. The lowest BCUT2D eigenvalue weighted by Crippen LogP contribution is -2.22. The molecule has 8 heteroatoms. The van der Waals surface area contributed by atoms with Gasteiger partial charge in [-0.1, -0.05) is 60.3 Å². The summed E-state index contributed by atoms with van der Waals surface area (Å²) in [4.78, 5) is 12.3. The maximum Gasteiger partial charge on any atom is 0.220 e. The first-order chi connectivity index (χ1) is 16.7. The molecule has 3 rings (SSSR count). The third-order valence-electron chi connectivity index (χ3n) is 5.46. The molecule has 34 heavy (non-hydrogen) atoms. The van der Waals surface area contributed by atoms with Crippen LogP contribution >= 0.6 is 11.8 Å². The number of carbonyl (C=O) groups is 1. The lowest BCUT2D eigenvalue weighted by atomic mass is 10.1. The van der Waals surface area contributed by atoms with Crippen molar-refractivity contribution in [2.45, 2.75) is 56.1 Å². The summed E-state index contributed by atoms with van der Waals surface area (Å²) in [6, 6.07) is 18.1. The van der Waals surface area contributed by atoms with Crippen LogP contribution in [-0.2, 0) is 34.8 Å². The summed E-state index contributed by atoms with van der Waals surface area (Å²) in [7, 11) is 3.36. The number of aryl methyl sites for hydroxylation is 1. The summed E-state index contributed by atoms with van der Waals surface area (Å²) in [6.07, 6.45) is 3.88. The van der Waals surface area contributed by atoms with E-state index in [4.69, 9.17) is 9.47 Å². The lowest BCUT2D eigenvalue weighted by molar-refractivity contribution is -0.121. The number of rotatable bonds is 15. The molecule has 1 aromatic heterocycles. The molecule has 0 bridgehead atoms. The molecule has 0 saturated heterocycles. The van der Waals surface area contributed by atoms with Gasteiger partial charge in [0.1, 0.15) is 11.6 Å². The molecular formula is C26H34N4O3S. The Labute approximate surface area is 206 Å². The van der Waals surface area contributed by atoms with Gasteiger partial charge in [-0.15, -0.1) is 10.2 Å². The van der Waals surface area contributed by atoms with Crippen molar-refractivity contribution in [1.29, 1.82) is 0 Å². The van der Waals surface area contributed by atoms with Crippen LogP contribution in [0.5, 0.6) is 5.75 Å². The number of methoxy groups -OCH3 is 2. The van der Waals surface area contributed by atoms with E-state index in [0.29, 0.717) is 19.6 Å². The van der Waals surface area contributed by atoms with Crippen molar-refractivity contribution in [3.63, 3.8) is 0 Å². The molecule has 1 N–H and O–H groups in total. The van der Waals surface area contributed by atoms with E-state index < -0.39 is 0 Å². The Kier molecular flexibility index (Phi) is 10.9. The van der Waals surface area contributed by atoms with E-state index >= 15 is 0 Å². The van der Waals surface area contributed by atoms with Crippen LogP contribution in [0.25, 0.3) is 0 Å². The molecule has 0 fully saturated rings. The Morgan fingerprint density at radius 3 is 2.59 bits per heavy atom. The fourth-order valence-corrected chi connectivity index (χ4v) is 4.56. The number of aromatic nitrogens is 3. The third kappa shape index (κ3) is 8.18. The van der Waals surface area contributed by atoms with Crippen molar-refractivity contribution in [3.05, 3.63) is 71.5 Å². The van der Waals surface area contributed by atoms with Crippen LogP contribution in [0.3, 0.4) is 0 Å². The van der Waals surface area contributed by atoms with Crippen LogP contribution in [0.15, 0.2) is 59.8 Å². The van der Waals surface area contributed by atoms with Gasteiger partial charge in [0.15, 0.2) is 5.16 Å². The predicted molar refractivity (Wildman–Crippen MR) is 135 cm³/mol. The molecule has 0 aliphatic heterocycles. The molecule has 3 aromatic rings. The van der Waals surface area contributed by atoms with E-state index in [2.05, 4.69) is 44.3 Å². The van der Waals surface area contributed by atoms with Crippen LogP contribution in [0.4, 0.5) is 0 Å². The molecule has 7 nitrogen and oxygen atoms in total. The summed E-state index contributed by atoms with van der Waals surface area (Å²) >= 11 is 1.70. The fourth-order valence-electron chi connectivity index (χ4n) is 3.62. The summed E-state index contributed by atoms with van der Waals surface area (Å²) in [5.41, 5.74) is 2.24. The van der Waals surface area contributed by atoms with Gasteiger partial charge in [-0.2, -0.15) is 0 Å². The quantitative estimate of drug-likeness (QED) is 0.251. The van der Waals surface area contributed by atoms with Crippen molar-refractivity contribution in [2.24, 2.45) is 0 Å². The molecule has 0 aliphatic carbocycles.